The fraction of sp³-hybridized carbons (Fsp3) is 0.379. The van der Waals surface area contributed by atoms with Gasteiger partial charge in [-0.1, -0.05) is 26.0 Å². The molecular weight excluding hydrogens is 518 g/mol. The Labute approximate surface area is 230 Å². The van der Waals surface area contributed by atoms with Crippen LogP contribution in [0.5, 0.6) is 5.75 Å². The number of fused-ring (bicyclic) bond motifs is 1. The number of hydrogen-bond acceptors (Lipinski definition) is 8. The van der Waals surface area contributed by atoms with Crippen molar-refractivity contribution in [1.82, 2.24) is 24.8 Å². The number of aromatic hydroxyl groups is 1. The molecule has 11 heteroatoms. The minimum absolute atomic E-state index is 0.0266. The van der Waals surface area contributed by atoms with Gasteiger partial charge in [-0.25, -0.2) is 23.1 Å². The van der Waals surface area contributed by atoms with Crippen molar-refractivity contribution in [3.8, 4) is 22.7 Å². The molecule has 1 aromatic carbocycles. The lowest BCUT2D eigenvalue weighted by atomic mass is 9.98. The Morgan fingerprint density at radius 1 is 1.18 bits per heavy atom. The van der Waals surface area contributed by atoms with E-state index in [1.165, 1.54) is 30.5 Å². The van der Waals surface area contributed by atoms with Crippen molar-refractivity contribution in [2.24, 2.45) is 0 Å². The fourth-order valence-corrected chi connectivity index (χ4v) is 5.28. The van der Waals surface area contributed by atoms with Gasteiger partial charge in [-0.3, -0.25) is 4.98 Å². The number of aromatic nitrogens is 4. The van der Waals surface area contributed by atoms with Crippen LogP contribution in [0.25, 0.3) is 28.0 Å². The molecule has 0 radical (unpaired) electrons. The second kappa shape index (κ2) is 11.3. The number of anilines is 1. The van der Waals surface area contributed by atoms with Crippen LogP contribution in [0, 0.1) is 11.6 Å². The predicted molar refractivity (Wildman–Crippen MR) is 149 cm³/mol. The van der Waals surface area contributed by atoms with Gasteiger partial charge >= 0.3 is 5.69 Å². The van der Waals surface area contributed by atoms with Gasteiger partial charge in [0, 0.05) is 50.1 Å². The van der Waals surface area contributed by atoms with Crippen LogP contribution in [0.4, 0.5) is 14.6 Å². The molecule has 0 bridgehead atoms. The van der Waals surface area contributed by atoms with Crippen LogP contribution in [0.15, 0.2) is 41.3 Å². The Kier molecular flexibility index (Phi) is 7.77. The highest BCUT2D eigenvalue weighted by Gasteiger charge is 2.28. The van der Waals surface area contributed by atoms with Crippen LogP contribution >= 0.6 is 0 Å². The number of halogens is 2. The van der Waals surface area contributed by atoms with E-state index in [0.717, 1.165) is 4.57 Å². The van der Waals surface area contributed by atoms with Crippen LogP contribution < -0.4 is 15.9 Å². The minimum Gasteiger partial charge on any atom is -0.506 e. The first-order valence-corrected chi connectivity index (χ1v) is 13.4. The summed E-state index contributed by atoms with van der Waals surface area (Å²) in [4.78, 5) is 29.1. The largest absolute Gasteiger partial charge is 0.506 e. The molecule has 0 unspecified atom stereocenters. The van der Waals surface area contributed by atoms with Crippen LogP contribution in [-0.2, 0) is 6.42 Å². The monoisotopic (exact) mass is 550 g/mol. The van der Waals surface area contributed by atoms with Crippen molar-refractivity contribution in [2.45, 2.75) is 45.6 Å². The van der Waals surface area contributed by atoms with Crippen molar-refractivity contribution >= 4 is 16.9 Å². The van der Waals surface area contributed by atoms with Crippen molar-refractivity contribution in [3.05, 3.63) is 69.9 Å². The molecule has 1 saturated heterocycles. The number of rotatable bonds is 7. The molecule has 0 aliphatic carbocycles. The van der Waals surface area contributed by atoms with E-state index >= 15 is 8.78 Å². The summed E-state index contributed by atoms with van der Waals surface area (Å²) in [5.41, 5.74) is -0.00821. The lowest BCUT2D eigenvalue weighted by Crippen LogP contribution is -2.50. The quantitative estimate of drug-likeness (QED) is 0.319. The number of aryl methyl sites for hydroxylation is 1. The molecule has 0 spiro atoms. The Morgan fingerprint density at radius 3 is 2.70 bits per heavy atom. The summed E-state index contributed by atoms with van der Waals surface area (Å²) >= 11 is 0. The maximum Gasteiger partial charge on any atom is 0.356 e. The Bertz CT molecular complexity index is 1620. The summed E-state index contributed by atoms with van der Waals surface area (Å²) < 4.78 is 32.4. The van der Waals surface area contributed by atoms with Gasteiger partial charge in [0.15, 0.2) is 5.65 Å². The van der Waals surface area contributed by atoms with Crippen LogP contribution in [0.2, 0.25) is 0 Å². The highest BCUT2D eigenvalue weighted by atomic mass is 19.1. The number of benzene rings is 1. The second-order valence-corrected chi connectivity index (χ2v) is 10.3. The minimum atomic E-state index is -0.779. The molecule has 1 aliphatic heterocycles. The van der Waals surface area contributed by atoms with Crippen LogP contribution in [0.3, 0.4) is 0 Å². The molecule has 3 N–H and O–H groups in total. The summed E-state index contributed by atoms with van der Waals surface area (Å²) in [5, 5.41) is 23.8. The smallest absolute Gasteiger partial charge is 0.356 e. The number of hydrogen-bond donors (Lipinski definition) is 3. The van der Waals surface area contributed by atoms with Crippen molar-refractivity contribution in [2.75, 3.05) is 31.1 Å². The normalized spacial score (nSPS) is 15.8. The molecule has 4 aromatic rings. The van der Waals surface area contributed by atoms with Crippen molar-refractivity contribution < 1.29 is 19.0 Å². The standard InChI is InChI=1S/C29H32F2N6O3/c1-16(2)24-26(22(39)9-10-33-24)37-28-19(27(35-29(37)40)36-12-11-32-15-17(36)3)14-21(31)25(34-28)23-18(7-5-13-38)6-4-8-20(23)30/h4,6,8-10,14,16-17,32,38H,5,7,11-13,15H2,1-3H3,(H,33,39)/t17-/m0/s1. The average Bonchev–Trinajstić information content (AvgIpc) is 2.92. The lowest BCUT2D eigenvalue weighted by molar-refractivity contribution is 0.288. The molecule has 1 atom stereocenters. The van der Waals surface area contributed by atoms with E-state index in [2.05, 4.69) is 20.3 Å². The first-order chi connectivity index (χ1) is 19.2. The SMILES string of the molecule is CC(C)c1nccc(O)c1-n1c(=O)nc(N2CCNC[C@@H]2C)c2cc(F)c(-c3c(F)cccc3CCCO)nc21. The zero-order valence-corrected chi connectivity index (χ0v) is 22.7. The van der Waals surface area contributed by atoms with Gasteiger partial charge in [0.1, 0.15) is 34.6 Å². The molecule has 40 heavy (non-hydrogen) atoms. The maximum atomic E-state index is 16.0. The second-order valence-electron chi connectivity index (χ2n) is 10.3. The number of nitrogens with one attached hydrogen (secondary N) is 1. The van der Waals surface area contributed by atoms with Gasteiger partial charge in [0.2, 0.25) is 0 Å². The highest BCUT2D eigenvalue weighted by molar-refractivity contribution is 5.91. The zero-order valence-electron chi connectivity index (χ0n) is 22.7. The summed E-state index contributed by atoms with van der Waals surface area (Å²) in [6.07, 6.45) is 2.10. The highest BCUT2D eigenvalue weighted by Crippen LogP contribution is 2.36. The predicted octanol–water partition coefficient (Wildman–Crippen LogP) is 3.67. The van der Waals surface area contributed by atoms with Gasteiger partial charge in [0.25, 0.3) is 0 Å². The van der Waals surface area contributed by atoms with E-state index in [4.69, 9.17) is 0 Å². The third kappa shape index (κ3) is 4.90. The van der Waals surface area contributed by atoms with E-state index in [9.17, 15) is 15.0 Å². The molecule has 210 valence electrons. The Balaban J connectivity index is 1.89. The number of nitrogens with zero attached hydrogens (tertiary/aromatic N) is 5. The Morgan fingerprint density at radius 2 is 1.98 bits per heavy atom. The van der Waals surface area contributed by atoms with E-state index in [-0.39, 0.29) is 58.1 Å². The summed E-state index contributed by atoms with van der Waals surface area (Å²) in [5.74, 6) is -1.58. The van der Waals surface area contributed by atoms with E-state index in [1.807, 2.05) is 25.7 Å². The number of pyridine rings is 2. The van der Waals surface area contributed by atoms with Gasteiger partial charge in [-0.05, 0) is 43.4 Å². The zero-order chi connectivity index (χ0) is 28.6. The number of piperazine rings is 1. The average molecular weight is 551 g/mol. The maximum absolute atomic E-state index is 16.0. The molecule has 1 aliphatic rings. The molecule has 1 fully saturated rings. The molecule has 3 aromatic heterocycles. The van der Waals surface area contributed by atoms with E-state index in [0.29, 0.717) is 43.7 Å². The van der Waals surface area contributed by atoms with Crippen molar-refractivity contribution in [3.63, 3.8) is 0 Å². The lowest BCUT2D eigenvalue weighted by Gasteiger charge is -2.35. The number of aliphatic hydroxyl groups is 1. The van der Waals surface area contributed by atoms with Crippen molar-refractivity contribution in [1.29, 1.82) is 0 Å². The molecule has 9 nitrogen and oxygen atoms in total. The molecule has 0 amide bonds. The first-order valence-electron chi connectivity index (χ1n) is 13.4. The third-order valence-corrected chi connectivity index (χ3v) is 7.22. The van der Waals surface area contributed by atoms with Crippen LogP contribution in [-0.4, -0.2) is 62.0 Å². The van der Waals surface area contributed by atoms with E-state index < -0.39 is 17.3 Å². The fourth-order valence-electron chi connectivity index (χ4n) is 5.28. The first kappa shape index (κ1) is 27.6. The Hall–Kier alpha value is -3.96. The summed E-state index contributed by atoms with van der Waals surface area (Å²) in [6, 6.07) is 6.96. The summed E-state index contributed by atoms with van der Waals surface area (Å²) in [7, 11) is 0. The molecule has 4 heterocycles. The van der Waals surface area contributed by atoms with Gasteiger partial charge in [0.05, 0.1) is 11.1 Å². The topological polar surface area (TPSA) is 116 Å². The van der Waals surface area contributed by atoms with Crippen LogP contribution in [0.1, 0.15) is 44.4 Å². The van der Waals surface area contributed by atoms with E-state index in [1.54, 1.807) is 6.07 Å². The molecule has 0 saturated carbocycles. The van der Waals surface area contributed by atoms with Gasteiger partial charge < -0.3 is 20.4 Å². The van der Waals surface area contributed by atoms with Gasteiger partial charge in [-0.2, -0.15) is 4.98 Å². The third-order valence-electron chi connectivity index (χ3n) is 7.22. The summed E-state index contributed by atoms with van der Waals surface area (Å²) in [6.45, 7) is 7.42. The number of aliphatic hydroxyl groups excluding tert-OH is 1. The van der Waals surface area contributed by atoms with Gasteiger partial charge in [-0.15, -0.1) is 0 Å². The molecular formula is C29H32F2N6O3. The molecule has 5 rings (SSSR count).